The van der Waals surface area contributed by atoms with Crippen LogP contribution >= 0.6 is 0 Å². The van der Waals surface area contributed by atoms with Gasteiger partial charge in [0.05, 0.1) is 11.1 Å². The summed E-state index contributed by atoms with van der Waals surface area (Å²) in [5, 5.41) is 6.78. The molecule has 0 bridgehead atoms. The standard InChI is InChI=1S/C72H66N4O/c1-46(2)31-41-63(73)76(53-37-34-49(35-38-53)71(7,8)9)61-44-60-67(66-58-29-18-19-30-62(58)77-69(61)66)65-56-28-17-16-27-55(56)59-43-54(75(64-42-32-47(3)45-74-64)52-26-20-25-48(33-36-52)70(4,5)6)39-40-57(59)68(65)72(60,50-21-12-10-13-22-50)51-23-14-11-15-24-51/h10-19,21-45H,20,73H2,1-9H3/b63-41+. The van der Waals surface area contributed by atoms with Crippen molar-refractivity contribution in [3.8, 4) is 11.1 Å². The highest BCUT2D eigenvalue weighted by molar-refractivity contribution is 6.27. The summed E-state index contributed by atoms with van der Waals surface area (Å²) < 4.78 is 7.28. The monoisotopic (exact) mass is 1000 g/mol. The fourth-order valence-electron chi connectivity index (χ4n) is 12.1. The quantitative estimate of drug-likeness (QED) is 0.115. The van der Waals surface area contributed by atoms with E-state index in [-0.39, 0.29) is 10.8 Å². The summed E-state index contributed by atoms with van der Waals surface area (Å²) in [6, 6.07) is 62.5. The minimum atomic E-state index is -0.835. The van der Waals surface area contributed by atoms with E-state index in [0.29, 0.717) is 5.82 Å². The lowest BCUT2D eigenvalue weighted by molar-refractivity contribution is 0.515. The summed E-state index contributed by atoms with van der Waals surface area (Å²) in [7, 11) is 0. The Labute approximate surface area is 453 Å². The van der Waals surface area contributed by atoms with Crippen LogP contribution in [0.15, 0.2) is 240 Å². The van der Waals surface area contributed by atoms with Gasteiger partial charge >= 0.3 is 0 Å². The number of anilines is 4. The van der Waals surface area contributed by atoms with Crippen LogP contribution in [0.5, 0.6) is 0 Å². The minimum Gasteiger partial charge on any atom is -0.454 e. The van der Waals surface area contributed by atoms with Gasteiger partial charge in [0, 0.05) is 34.0 Å². The largest absolute Gasteiger partial charge is 0.454 e. The van der Waals surface area contributed by atoms with Gasteiger partial charge in [-0.15, -0.1) is 0 Å². The number of aromatic nitrogens is 1. The van der Waals surface area contributed by atoms with Crippen LogP contribution in [0.4, 0.5) is 22.9 Å². The number of hydrogen-bond acceptors (Lipinski definition) is 5. The highest BCUT2D eigenvalue weighted by Crippen LogP contribution is 2.64. The Hall–Kier alpha value is -8.67. The van der Waals surface area contributed by atoms with Crippen molar-refractivity contribution in [1.29, 1.82) is 0 Å². The number of pyridine rings is 1. The molecule has 8 aromatic carbocycles. The van der Waals surface area contributed by atoms with E-state index in [0.717, 1.165) is 84.6 Å². The first-order chi connectivity index (χ1) is 37.1. The summed E-state index contributed by atoms with van der Waals surface area (Å²) in [6.07, 6.45) is 16.1. The third-order valence-electron chi connectivity index (χ3n) is 15.8. The lowest BCUT2D eigenvalue weighted by Crippen LogP contribution is -2.29. The second-order valence-corrected chi connectivity index (χ2v) is 23.2. The van der Waals surface area contributed by atoms with Crippen molar-refractivity contribution in [2.75, 3.05) is 9.80 Å². The topological polar surface area (TPSA) is 58.5 Å². The maximum Gasteiger partial charge on any atom is 0.160 e. The summed E-state index contributed by atoms with van der Waals surface area (Å²) in [4.78, 5) is 9.64. The number of rotatable bonds is 9. The van der Waals surface area contributed by atoms with Crippen LogP contribution in [0.1, 0.15) is 95.2 Å². The molecule has 5 heteroatoms. The smallest absolute Gasteiger partial charge is 0.160 e. The molecule has 0 unspecified atom stereocenters. The molecule has 12 rings (SSSR count). The van der Waals surface area contributed by atoms with E-state index in [4.69, 9.17) is 15.1 Å². The first-order valence-electron chi connectivity index (χ1n) is 27.0. The minimum absolute atomic E-state index is 0.0104. The number of benzene rings is 8. The average molecular weight is 1000 g/mol. The molecule has 2 heterocycles. The number of allylic oxidation sites excluding steroid dienone is 8. The van der Waals surface area contributed by atoms with Crippen LogP contribution in [-0.2, 0) is 10.8 Å². The Bertz CT molecular complexity index is 4060. The normalized spacial score (nSPS) is 14.3. The maximum atomic E-state index is 7.46. The molecule has 0 saturated heterocycles. The SMILES string of the molecule is CC(C)=C/C=C(\N)N(c1ccc(C(C)(C)C)cc1)c1cc2c(c3c1oc1ccccc13)-c1c(c3ccc(N(C4=CCC=C(C(C)(C)C)C=C4)c4ccc(C)cn4)cc3c3ccccc13)C2(c1ccccc1)c1ccccc1. The third kappa shape index (κ3) is 8.28. The molecule has 2 aliphatic carbocycles. The van der Waals surface area contributed by atoms with Crippen molar-refractivity contribution in [3.05, 3.63) is 269 Å². The van der Waals surface area contributed by atoms with Gasteiger partial charge in [-0.25, -0.2) is 4.98 Å². The van der Waals surface area contributed by atoms with E-state index in [2.05, 4.69) is 272 Å². The van der Waals surface area contributed by atoms with Crippen molar-refractivity contribution >= 4 is 66.4 Å². The number of furan rings is 1. The van der Waals surface area contributed by atoms with Gasteiger partial charge in [-0.05, 0) is 164 Å². The molecule has 0 fully saturated rings. The lowest BCUT2D eigenvalue weighted by Gasteiger charge is -2.36. The molecular formula is C72H66N4O. The molecule has 2 N–H and O–H groups in total. The van der Waals surface area contributed by atoms with Gasteiger partial charge in [-0.1, -0.05) is 199 Å². The first-order valence-corrected chi connectivity index (χ1v) is 27.0. The van der Waals surface area contributed by atoms with Gasteiger partial charge in [0.25, 0.3) is 0 Å². The van der Waals surface area contributed by atoms with Gasteiger partial charge in [-0.3, -0.25) is 9.80 Å². The number of para-hydroxylation sites is 1. The maximum absolute atomic E-state index is 7.46. The number of hydrogen-bond donors (Lipinski definition) is 1. The van der Waals surface area contributed by atoms with Crippen LogP contribution in [0.2, 0.25) is 0 Å². The van der Waals surface area contributed by atoms with E-state index < -0.39 is 5.41 Å². The van der Waals surface area contributed by atoms with E-state index in [1.165, 1.54) is 49.5 Å². The number of aryl methyl sites for hydroxylation is 1. The predicted octanol–water partition coefficient (Wildman–Crippen LogP) is 19.1. The first kappa shape index (κ1) is 49.2. The Morgan fingerprint density at radius 2 is 1.26 bits per heavy atom. The molecule has 0 radical (unpaired) electrons. The highest BCUT2D eigenvalue weighted by Gasteiger charge is 2.50. The second-order valence-electron chi connectivity index (χ2n) is 23.2. The molecule has 0 spiro atoms. The second kappa shape index (κ2) is 18.9. The molecule has 0 atom stereocenters. The van der Waals surface area contributed by atoms with Gasteiger partial charge in [-0.2, -0.15) is 0 Å². The molecular weight excluding hydrogens is 937 g/mol. The Morgan fingerprint density at radius 3 is 1.91 bits per heavy atom. The zero-order chi connectivity index (χ0) is 53.4. The van der Waals surface area contributed by atoms with Crippen LogP contribution < -0.4 is 15.5 Å². The molecule has 5 nitrogen and oxygen atoms in total. The van der Waals surface area contributed by atoms with Crippen molar-refractivity contribution in [3.63, 3.8) is 0 Å². The zero-order valence-electron chi connectivity index (χ0n) is 45.7. The van der Waals surface area contributed by atoms with Crippen LogP contribution in [-0.4, -0.2) is 4.98 Å². The molecule has 380 valence electrons. The van der Waals surface area contributed by atoms with E-state index in [9.17, 15) is 0 Å². The number of nitrogens with two attached hydrogens (primary N) is 1. The summed E-state index contributed by atoms with van der Waals surface area (Å²) in [5.41, 5.74) is 24.0. The fourth-order valence-corrected chi connectivity index (χ4v) is 12.1. The zero-order valence-corrected chi connectivity index (χ0v) is 45.7. The number of fused-ring (bicyclic) bond motifs is 12. The van der Waals surface area contributed by atoms with Crippen LogP contribution in [0, 0.1) is 12.3 Å². The van der Waals surface area contributed by atoms with Crippen molar-refractivity contribution in [2.45, 2.75) is 79.6 Å². The molecule has 2 aromatic heterocycles. The summed E-state index contributed by atoms with van der Waals surface area (Å²) in [6.45, 7) is 19.9. The molecule has 77 heavy (non-hydrogen) atoms. The Morgan fingerprint density at radius 1 is 0.610 bits per heavy atom. The van der Waals surface area contributed by atoms with E-state index in [1.54, 1.807) is 0 Å². The Kier molecular flexibility index (Phi) is 12.1. The van der Waals surface area contributed by atoms with Crippen molar-refractivity contribution in [2.24, 2.45) is 11.1 Å². The number of nitrogens with zero attached hydrogens (tertiary/aromatic N) is 3. The van der Waals surface area contributed by atoms with Gasteiger partial charge in [0.2, 0.25) is 0 Å². The summed E-state index contributed by atoms with van der Waals surface area (Å²) in [5.74, 6) is 1.44. The molecule has 0 saturated carbocycles. The molecule has 0 amide bonds. The molecule has 10 aromatic rings. The highest BCUT2D eigenvalue weighted by atomic mass is 16.3. The van der Waals surface area contributed by atoms with Crippen molar-refractivity contribution < 1.29 is 4.42 Å². The van der Waals surface area contributed by atoms with Gasteiger partial charge in [0.1, 0.15) is 17.2 Å². The van der Waals surface area contributed by atoms with Crippen LogP contribution in [0.25, 0.3) is 54.6 Å². The van der Waals surface area contributed by atoms with Gasteiger partial charge in [0.15, 0.2) is 5.58 Å². The Balaban J connectivity index is 1.23. The predicted molar refractivity (Wildman–Crippen MR) is 326 cm³/mol. The van der Waals surface area contributed by atoms with E-state index in [1.807, 2.05) is 12.3 Å². The molecule has 0 aliphatic heterocycles. The fraction of sp³-hybridized carbons (Fsp3) is 0.181. The average Bonchev–Trinajstić information content (AvgIpc) is 3.93. The van der Waals surface area contributed by atoms with Gasteiger partial charge < -0.3 is 10.2 Å². The lowest BCUT2D eigenvalue weighted by atomic mass is 9.66. The third-order valence-corrected chi connectivity index (χ3v) is 15.8. The van der Waals surface area contributed by atoms with Crippen molar-refractivity contribution in [1.82, 2.24) is 4.98 Å². The van der Waals surface area contributed by atoms with E-state index >= 15 is 0 Å². The molecule has 2 aliphatic rings. The van der Waals surface area contributed by atoms with Crippen LogP contribution in [0.3, 0.4) is 0 Å². The summed E-state index contributed by atoms with van der Waals surface area (Å²) >= 11 is 0.